The highest BCUT2D eigenvalue weighted by molar-refractivity contribution is 6.85. The van der Waals surface area contributed by atoms with Crippen molar-refractivity contribution in [2.75, 3.05) is 0 Å². The zero-order valence-corrected chi connectivity index (χ0v) is 37.2. The van der Waals surface area contributed by atoms with Gasteiger partial charge in [-0.1, -0.05) is 151 Å². The second-order valence-electron chi connectivity index (χ2n) is 19.1. The fourth-order valence-electron chi connectivity index (χ4n) is 8.27. The molecule has 10 rings (SSSR count). The third-order valence-corrected chi connectivity index (χ3v) is 13.6. The van der Waals surface area contributed by atoms with Gasteiger partial charge in [0.15, 0.2) is 0 Å². The lowest BCUT2D eigenvalue weighted by molar-refractivity contribution is 0.526. The summed E-state index contributed by atoms with van der Waals surface area (Å²) in [6.45, 7) is 28.2. The van der Waals surface area contributed by atoms with Gasteiger partial charge in [0, 0.05) is 45.9 Å². The van der Waals surface area contributed by atoms with Crippen LogP contribution in [-0.2, 0) is 0 Å². The van der Waals surface area contributed by atoms with E-state index in [1.807, 2.05) is 0 Å². The smallest absolute Gasteiger partial charge is 0.127 e. The summed E-state index contributed by atoms with van der Waals surface area (Å²) in [5.74, 6) is 15.5. The Balaban J connectivity index is 1.69. The summed E-state index contributed by atoms with van der Waals surface area (Å²) in [5, 5.41) is 0. The number of rotatable bonds is 0. The van der Waals surface area contributed by atoms with E-state index in [0.29, 0.717) is 0 Å². The van der Waals surface area contributed by atoms with Crippen LogP contribution in [0.1, 0.15) is 90.4 Å². The van der Waals surface area contributed by atoms with Crippen molar-refractivity contribution in [1.82, 2.24) is 0 Å². The van der Waals surface area contributed by atoms with Gasteiger partial charge in [0.25, 0.3) is 0 Å². The van der Waals surface area contributed by atoms with E-state index in [4.69, 9.17) is 0 Å². The van der Waals surface area contributed by atoms with Gasteiger partial charge < -0.3 is 0 Å². The van der Waals surface area contributed by atoms with E-state index in [-0.39, 0.29) is 23.7 Å². The number of hydrogen-bond donors (Lipinski definition) is 0. The molecular weight excluding hydrogens is 689 g/mol. The molecule has 0 amide bonds. The second kappa shape index (κ2) is 12.8. The van der Waals surface area contributed by atoms with Crippen LogP contribution < -0.4 is 0 Å². The molecule has 0 aromatic heterocycles. The van der Waals surface area contributed by atoms with Crippen LogP contribution in [0.2, 0.25) is 78.6 Å². The van der Waals surface area contributed by atoms with Crippen LogP contribution in [0.4, 0.5) is 0 Å². The molecule has 0 atom stereocenters. The van der Waals surface area contributed by atoms with E-state index in [9.17, 15) is 0 Å². The van der Waals surface area contributed by atoms with Crippen molar-refractivity contribution < 1.29 is 0 Å². The van der Waals surface area contributed by atoms with Gasteiger partial charge in [-0.05, 0) is 68.8 Å². The SMILES string of the molecule is C[Si](C)(C)C#Cc1cccc2c1C1c3c(C#C[Si](C)(C)C)cccc3C2C2c3cccc(C#C[Si](C)(C)C)c3C1c1c(C#C[Si](C)(C)C)cccc12. The average Bonchev–Trinajstić information content (AvgIpc) is 3.03. The molecule has 4 aromatic rings. The fourth-order valence-corrected chi connectivity index (χ4v) is 10.3. The molecule has 0 unspecified atom stereocenters. The molecule has 52 heavy (non-hydrogen) atoms. The molecule has 4 bridgehead atoms. The van der Waals surface area contributed by atoms with Gasteiger partial charge in [0.2, 0.25) is 0 Å². The molecule has 0 saturated heterocycles. The maximum atomic E-state index is 3.82. The minimum absolute atomic E-state index is 0.0175. The first kappa shape index (κ1) is 36.4. The van der Waals surface area contributed by atoms with E-state index >= 15 is 0 Å². The molecule has 260 valence electrons. The first-order valence-electron chi connectivity index (χ1n) is 19.0. The predicted molar refractivity (Wildman–Crippen MR) is 234 cm³/mol. The largest absolute Gasteiger partial charge is 0.129 e. The van der Waals surface area contributed by atoms with Crippen LogP contribution >= 0.6 is 0 Å². The van der Waals surface area contributed by atoms with Crippen LogP contribution in [0.15, 0.2) is 72.8 Å². The van der Waals surface area contributed by atoms with E-state index in [1.54, 1.807) is 0 Å². The first-order chi connectivity index (χ1) is 24.3. The summed E-state index contributed by atoms with van der Waals surface area (Å²) < 4.78 is 0. The molecule has 6 aliphatic rings. The monoisotopic (exact) mass is 740 g/mol. The normalized spacial score (nSPS) is 19.3. The Morgan fingerprint density at radius 2 is 0.519 bits per heavy atom. The molecular formula is C48H52Si4. The lowest BCUT2D eigenvalue weighted by atomic mass is 9.51. The Kier molecular flexibility index (Phi) is 8.97. The van der Waals surface area contributed by atoms with Gasteiger partial charge in [0.1, 0.15) is 32.3 Å². The summed E-state index contributed by atoms with van der Waals surface area (Å²) in [7, 11) is -6.64. The fraction of sp³-hybridized carbons (Fsp3) is 0.333. The minimum atomic E-state index is -1.66. The Morgan fingerprint density at radius 3 is 0.712 bits per heavy atom. The van der Waals surface area contributed by atoms with Gasteiger partial charge in [-0.25, -0.2) is 0 Å². The van der Waals surface area contributed by atoms with E-state index < -0.39 is 32.3 Å². The third kappa shape index (κ3) is 6.92. The van der Waals surface area contributed by atoms with Crippen LogP contribution in [0, 0.1) is 45.9 Å². The van der Waals surface area contributed by atoms with Crippen molar-refractivity contribution in [3.63, 3.8) is 0 Å². The number of hydrogen-bond acceptors (Lipinski definition) is 0. The lowest BCUT2D eigenvalue weighted by Crippen LogP contribution is -2.37. The molecule has 0 saturated carbocycles. The Labute approximate surface area is 318 Å². The summed E-state index contributed by atoms with van der Waals surface area (Å²) >= 11 is 0. The zero-order chi connectivity index (χ0) is 37.4. The van der Waals surface area contributed by atoms with Crippen LogP contribution in [0.3, 0.4) is 0 Å². The molecule has 0 nitrogen and oxygen atoms in total. The van der Waals surface area contributed by atoms with Crippen molar-refractivity contribution >= 4 is 32.3 Å². The zero-order valence-electron chi connectivity index (χ0n) is 33.2. The highest BCUT2D eigenvalue weighted by atomic mass is 28.3. The van der Waals surface area contributed by atoms with Gasteiger partial charge in [-0.2, -0.15) is 0 Å². The lowest BCUT2D eigenvalue weighted by Gasteiger charge is -2.51. The maximum absolute atomic E-state index is 3.82. The van der Waals surface area contributed by atoms with Crippen molar-refractivity contribution in [3.8, 4) is 45.9 Å². The average molecular weight is 741 g/mol. The van der Waals surface area contributed by atoms with Crippen molar-refractivity contribution in [2.45, 2.75) is 102 Å². The van der Waals surface area contributed by atoms with E-state index in [2.05, 4.69) is 197 Å². The molecule has 0 N–H and O–H groups in total. The Morgan fingerprint density at radius 1 is 0.308 bits per heavy atom. The molecule has 0 fully saturated rings. The Bertz CT molecular complexity index is 2050. The van der Waals surface area contributed by atoms with Crippen molar-refractivity contribution in [3.05, 3.63) is 140 Å². The Hall–Kier alpha value is -4.01. The van der Waals surface area contributed by atoms with Gasteiger partial charge in [-0.3, -0.25) is 0 Å². The topological polar surface area (TPSA) is 0 Å². The van der Waals surface area contributed by atoms with Gasteiger partial charge in [0.05, 0.1) is 0 Å². The molecule has 0 spiro atoms. The van der Waals surface area contributed by atoms with E-state index in [1.165, 1.54) is 66.8 Å². The second-order valence-corrected chi connectivity index (χ2v) is 38.1. The molecule has 4 aromatic carbocycles. The molecule has 0 aliphatic heterocycles. The molecule has 4 heteroatoms. The highest BCUT2D eigenvalue weighted by Crippen LogP contribution is 2.65. The highest BCUT2D eigenvalue weighted by Gasteiger charge is 2.52. The standard InChI is InChI=1S/C48H52Si4/c1-49(2,3)29-25-33-17-13-21-37-41(33)47-42-34(26-30-50(4,5)6)18-14-22-38(42)45(37)46-39-23-15-19-35(27-31-51(7,8)9)43(39)48(47)44-36(20-16-24-40(44)46)28-32-52(10,11)12/h13-24,45-48H,1-12H3. The van der Waals surface area contributed by atoms with Crippen molar-refractivity contribution in [1.29, 1.82) is 0 Å². The van der Waals surface area contributed by atoms with Crippen LogP contribution in [-0.4, -0.2) is 32.3 Å². The predicted octanol–water partition coefficient (Wildman–Crippen LogP) is 11.5. The quantitative estimate of drug-likeness (QED) is 0.124. The third-order valence-electron chi connectivity index (χ3n) is 10.1. The van der Waals surface area contributed by atoms with Crippen LogP contribution in [0.25, 0.3) is 0 Å². The van der Waals surface area contributed by atoms with Gasteiger partial charge in [-0.15, -0.1) is 22.2 Å². The van der Waals surface area contributed by atoms with E-state index in [0.717, 1.165) is 0 Å². The summed E-state index contributed by atoms with van der Waals surface area (Å²) in [6.07, 6.45) is 0. The maximum Gasteiger partial charge on any atom is 0.129 e. The summed E-state index contributed by atoms with van der Waals surface area (Å²) in [4.78, 5) is 0. The summed E-state index contributed by atoms with van der Waals surface area (Å²) in [5.41, 5.74) is 31.2. The molecule has 0 radical (unpaired) electrons. The molecule has 6 aliphatic carbocycles. The first-order valence-corrected chi connectivity index (χ1v) is 33.0. The summed E-state index contributed by atoms with van der Waals surface area (Å²) in [6, 6.07) is 27.9. The number of benzene rings is 4. The van der Waals surface area contributed by atoms with Gasteiger partial charge >= 0.3 is 0 Å². The van der Waals surface area contributed by atoms with Crippen molar-refractivity contribution in [2.24, 2.45) is 0 Å². The minimum Gasteiger partial charge on any atom is -0.127 e. The van der Waals surface area contributed by atoms with Crippen LogP contribution in [0.5, 0.6) is 0 Å². The molecule has 0 heterocycles.